The number of nitrogens with zero attached hydrogens (tertiary/aromatic N) is 1. The van der Waals surface area contributed by atoms with Crippen molar-refractivity contribution in [3.05, 3.63) is 0 Å². The fourth-order valence-corrected chi connectivity index (χ4v) is 4.31. The smallest absolute Gasteiger partial charge is 0.236 e. The van der Waals surface area contributed by atoms with Gasteiger partial charge in [-0.15, -0.1) is 0 Å². The average Bonchev–Trinajstić information content (AvgIpc) is 2.96. The summed E-state index contributed by atoms with van der Waals surface area (Å²) in [5.41, 5.74) is -1.02. The van der Waals surface area contributed by atoms with Gasteiger partial charge in [0, 0.05) is 6.42 Å². The second kappa shape index (κ2) is 4.80. The number of likely N-dealkylation sites (tertiary alicyclic amines) is 1. The molecule has 0 bridgehead atoms. The van der Waals surface area contributed by atoms with Crippen LogP contribution in [0.2, 0.25) is 0 Å². The molecule has 0 aromatic rings. The van der Waals surface area contributed by atoms with E-state index in [4.69, 9.17) is 0 Å². The van der Waals surface area contributed by atoms with Crippen LogP contribution in [0, 0.1) is 10.8 Å². The van der Waals surface area contributed by atoms with Crippen LogP contribution in [0.1, 0.15) is 71.6 Å². The Morgan fingerprint density at radius 2 is 1.57 bits per heavy atom. The van der Waals surface area contributed by atoms with Crippen molar-refractivity contribution in [2.24, 2.45) is 10.8 Å². The van der Waals surface area contributed by atoms with Gasteiger partial charge in [0.25, 0.3) is 0 Å². The Morgan fingerprint density at radius 3 is 2.14 bits per heavy atom. The summed E-state index contributed by atoms with van der Waals surface area (Å²) in [5, 5.41) is 10.8. The molecule has 0 atom stereocenters. The molecule has 3 rings (SSSR count). The lowest BCUT2D eigenvalue weighted by Crippen LogP contribution is -2.49. The summed E-state index contributed by atoms with van der Waals surface area (Å²) in [6.07, 6.45) is 7.42. The minimum atomic E-state index is -0.870. The first kappa shape index (κ1) is 15.0. The fraction of sp³-hybridized carbons (Fsp3) is 0.882. The van der Waals surface area contributed by atoms with Crippen molar-refractivity contribution in [3.8, 4) is 0 Å². The second-order valence-corrected chi connectivity index (χ2v) is 8.34. The second-order valence-electron chi connectivity index (χ2n) is 8.34. The van der Waals surface area contributed by atoms with Crippen LogP contribution in [0.15, 0.2) is 0 Å². The van der Waals surface area contributed by atoms with Gasteiger partial charge in [0.2, 0.25) is 11.8 Å². The van der Waals surface area contributed by atoms with Gasteiger partial charge in [-0.25, -0.2) is 0 Å². The molecule has 1 heterocycles. The van der Waals surface area contributed by atoms with Crippen molar-refractivity contribution < 1.29 is 14.7 Å². The number of imide groups is 1. The Kier molecular flexibility index (Phi) is 3.43. The summed E-state index contributed by atoms with van der Waals surface area (Å²) in [5.74, 6) is -0.0802. The van der Waals surface area contributed by atoms with Crippen molar-refractivity contribution in [1.82, 2.24) is 4.90 Å². The Hall–Kier alpha value is -0.900. The predicted molar refractivity (Wildman–Crippen MR) is 79.4 cm³/mol. The highest BCUT2D eigenvalue weighted by Crippen LogP contribution is 2.48. The lowest BCUT2D eigenvalue weighted by molar-refractivity contribution is -0.147. The third-order valence-electron chi connectivity index (χ3n) is 6.04. The molecule has 118 valence electrons. The van der Waals surface area contributed by atoms with Crippen LogP contribution in [0.25, 0.3) is 0 Å². The molecule has 1 spiro atoms. The summed E-state index contributed by atoms with van der Waals surface area (Å²) in [7, 11) is 0. The maximum atomic E-state index is 12.7. The van der Waals surface area contributed by atoms with Gasteiger partial charge in [0.1, 0.15) is 0 Å². The van der Waals surface area contributed by atoms with E-state index >= 15 is 0 Å². The summed E-state index contributed by atoms with van der Waals surface area (Å²) in [6, 6.07) is 0. The molecule has 1 aliphatic heterocycles. The van der Waals surface area contributed by atoms with Crippen LogP contribution in [0.4, 0.5) is 0 Å². The third-order valence-corrected chi connectivity index (χ3v) is 6.04. The van der Waals surface area contributed by atoms with Gasteiger partial charge in [-0.2, -0.15) is 0 Å². The highest BCUT2D eigenvalue weighted by Gasteiger charge is 2.54. The first-order valence-corrected chi connectivity index (χ1v) is 8.33. The molecule has 3 aliphatic rings. The van der Waals surface area contributed by atoms with Crippen molar-refractivity contribution >= 4 is 11.8 Å². The standard InChI is InChI=1S/C17H27NO3/c1-15(2)7-9-17(21,10-8-15)12-18-13(19)11-16(14(18)20)5-3-4-6-16/h21H,3-12H2,1-2H3. The van der Waals surface area contributed by atoms with E-state index in [0.717, 1.165) is 38.5 Å². The summed E-state index contributed by atoms with van der Waals surface area (Å²) >= 11 is 0. The molecule has 1 N–H and O–H groups in total. The molecule has 1 saturated heterocycles. The van der Waals surface area contributed by atoms with E-state index < -0.39 is 11.0 Å². The van der Waals surface area contributed by atoms with E-state index in [1.807, 2.05) is 0 Å². The largest absolute Gasteiger partial charge is 0.388 e. The number of hydrogen-bond donors (Lipinski definition) is 1. The van der Waals surface area contributed by atoms with Crippen LogP contribution >= 0.6 is 0 Å². The van der Waals surface area contributed by atoms with Crippen molar-refractivity contribution in [2.45, 2.75) is 77.2 Å². The van der Waals surface area contributed by atoms with Crippen LogP contribution < -0.4 is 0 Å². The number of amides is 2. The van der Waals surface area contributed by atoms with Gasteiger partial charge in [0.05, 0.1) is 17.6 Å². The van der Waals surface area contributed by atoms with E-state index in [1.54, 1.807) is 0 Å². The van der Waals surface area contributed by atoms with Gasteiger partial charge in [-0.05, 0) is 43.9 Å². The first-order chi connectivity index (χ1) is 9.75. The number of carbonyl (C=O) groups excluding carboxylic acids is 2. The average molecular weight is 293 g/mol. The maximum Gasteiger partial charge on any atom is 0.236 e. The van der Waals surface area contributed by atoms with E-state index in [0.29, 0.717) is 19.3 Å². The third kappa shape index (κ3) is 2.63. The van der Waals surface area contributed by atoms with Crippen molar-refractivity contribution in [1.29, 1.82) is 0 Å². The Bertz CT molecular complexity index is 453. The van der Waals surface area contributed by atoms with Crippen LogP contribution in [-0.4, -0.2) is 34.0 Å². The molecule has 2 saturated carbocycles. The molecule has 0 radical (unpaired) electrons. The molecule has 0 aromatic heterocycles. The minimum Gasteiger partial charge on any atom is -0.388 e. The quantitative estimate of drug-likeness (QED) is 0.796. The zero-order valence-electron chi connectivity index (χ0n) is 13.3. The molecule has 4 nitrogen and oxygen atoms in total. The van der Waals surface area contributed by atoms with Gasteiger partial charge in [-0.3, -0.25) is 14.5 Å². The highest BCUT2D eigenvalue weighted by molar-refractivity contribution is 6.06. The molecule has 4 heteroatoms. The number of β-amino-alcohol motifs (C(OH)–C–C–N with tert-alkyl or cyclic N) is 1. The number of aliphatic hydroxyl groups is 1. The van der Waals surface area contributed by atoms with Gasteiger partial charge >= 0.3 is 0 Å². The zero-order valence-corrected chi connectivity index (χ0v) is 13.3. The van der Waals surface area contributed by atoms with Crippen molar-refractivity contribution in [3.63, 3.8) is 0 Å². The summed E-state index contributed by atoms with van der Waals surface area (Å²) in [4.78, 5) is 26.3. The minimum absolute atomic E-state index is 0.0109. The van der Waals surface area contributed by atoms with E-state index in [-0.39, 0.29) is 23.8 Å². The van der Waals surface area contributed by atoms with Crippen molar-refractivity contribution in [2.75, 3.05) is 6.54 Å². The Morgan fingerprint density at radius 1 is 1.00 bits per heavy atom. The summed E-state index contributed by atoms with van der Waals surface area (Å²) in [6.45, 7) is 4.64. The molecule has 0 aromatic carbocycles. The molecular formula is C17H27NO3. The van der Waals surface area contributed by atoms with Gasteiger partial charge in [0.15, 0.2) is 0 Å². The highest BCUT2D eigenvalue weighted by atomic mass is 16.3. The molecular weight excluding hydrogens is 266 g/mol. The fourth-order valence-electron chi connectivity index (χ4n) is 4.31. The molecule has 21 heavy (non-hydrogen) atoms. The predicted octanol–water partition coefficient (Wildman–Crippen LogP) is 2.64. The van der Waals surface area contributed by atoms with Gasteiger partial charge < -0.3 is 5.11 Å². The monoisotopic (exact) mass is 293 g/mol. The zero-order chi connectivity index (χ0) is 15.3. The lowest BCUT2D eigenvalue weighted by Gasteiger charge is -2.41. The van der Waals surface area contributed by atoms with E-state index in [1.165, 1.54) is 4.90 Å². The molecule has 2 amide bonds. The number of hydrogen-bond acceptors (Lipinski definition) is 3. The maximum absolute atomic E-state index is 12.7. The number of carbonyl (C=O) groups is 2. The topological polar surface area (TPSA) is 57.6 Å². The molecule has 2 aliphatic carbocycles. The van der Waals surface area contributed by atoms with Crippen LogP contribution in [0.3, 0.4) is 0 Å². The first-order valence-electron chi connectivity index (χ1n) is 8.33. The van der Waals surface area contributed by atoms with E-state index in [9.17, 15) is 14.7 Å². The Balaban J connectivity index is 1.70. The van der Waals surface area contributed by atoms with Crippen LogP contribution in [0.5, 0.6) is 0 Å². The number of rotatable bonds is 2. The Labute approximate surface area is 126 Å². The van der Waals surface area contributed by atoms with Gasteiger partial charge in [-0.1, -0.05) is 26.7 Å². The normalized spacial score (nSPS) is 30.3. The lowest BCUT2D eigenvalue weighted by atomic mass is 9.71. The molecule has 3 fully saturated rings. The summed E-state index contributed by atoms with van der Waals surface area (Å²) < 4.78 is 0. The SMILES string of the molecule is CC1(C)CCC(O)(CN2C(=O)CC3(CCCC3)C2=O)CC1. The van der Waals surface area contributed by atoms with E-state index in [2.05, 4.69) is 13.8 Å². The molecule has 0 unspecified atom stereocenters. The van der Waals surface area contributed by atoms with Crippen LogP contribution in [-0.2, 0) is 9.59 Å².